The van der Waals surface area contributed by atoms with Crippen molar-refractivity contribution in [2.45, 2.75) is 6.54 Å². The lowest BCUT2D eigenvalue weighted by molar-refractivity contribution is -0.111. The second-order valence-corrected chi connectivity index (χ2v) is 6.91. The van der Waals surface area contributed by atoms with Crippen LogP contribution in [0.4, 0.5) is 5.69 Å². The number of carbonyl (C=O) groups is 1. The molecule has 1 aromatic carbocycles. The number of anilines is 1. The fraction of sp³-hybridized carbons (Fsp3) is 0.238. The van der Waals surface area contributed by atoms with Gasteiger partial charge in [-0.1, -0.05) is 12.1 Å². The summed E-state index contributed by atoms with van der Waals surface area (Å²) in [5.74, 6) is -0.195. The highest BCUT2D eigenvalue weighted by molar-refractivity contribution is 6.33. The molecule has 0 radical (unpaired) electrons. The van der Waals surface area contributed by atoms with Crippen LogP contribution < -0.4 is 5.32 Å². The molecule has 5 rings (SSSR count). The molecular formula is C21H19N5O2. The van der Waals surface area contributed by atoms with E-state index in [1.807, 2.05) is 30.3 Å². The molecule has 1 saturated heterocycles. The summed E-state index contributed by atoms with van der Waals surface area (Å²) in [5, 5.41) is 3.79. The van der Waals surface area contributed by atoms with Crippen LogP contribution in [-0.4, -0.2) is 52.1 Å². The monoisotopic (exact) mass is 373 g/mol. The summed E-state index contributed by atoms with van der Waals surface area (Å²) in [6, 6.07) is 9.79. The molecule has 2 aromatic heterocycles. The molecule has 0 bridgehead atoms. The molecule has 0 unspecified atom stereocenters. The van der Waals surface area contributed by atoms with Crippen LogP contribution in [0, 0.1) is 0 Å². The van der Waals surface area contributed by atoms with Crippen molar-refractivity contribution in [1.29, 1.82) is 0 Å². The van der Waals surface area contributed by atoms with Crippen molar-refractivity contribution in [3.8, 4) is 0 Å². The van der Waals surface area contributed by atoms with Crippen LogP contribution in [0.1, 0.15) is 17.0 Å². The maximum absolute atomic E-state index is 12.8. The fourth-order valence-corrected chi connectivity index (χ4v) is 3.63. The van der Waals surface area contributed by atoms with E-state index in [4.69, 9.17) is 4.74 Å². The van der Waals surface area contributed by atoms with Crippen molar-refractivity contribution in [2.24, 2.45) is 0 Å². The maximum Gasteiger partial charge on any atom is 0.257 e. The van der Waals surface area contributed by atoms with Crippen LogP contribution >= 0.6 is 0 Å². The van der Waals surface area contributed by atoms with Crippen LogP contribution in [0.2, 0.25) is 0 Å². The van der Waals surface area contributed by atoms with Gasteiger partial charge < -0.3 is 10.1 Å². The SMILES string of the molecule is O=C(Nc1ccc(CN2CCOCC2)cc1)C1=Cc2nccc3ncnc1c23. The van der Waals surface area contributed by atoms with Gasteiger partial charge in [0, 0.05) is 31.5 Å². The van der Waals surface area contributed by atoms with E-state index in [0.29, 0.717) is 11.3 Å². The number of aromatic nitrogens is 3. The Hall–Kier alpha value is -3.16. The summed E-state index contributed by atoms with van der Waals surface area (Å²) < 4.78 is 5.39. The van der Waals surface area contributed by atoms with Gasteiger partial charge in [0.05, 0.1) is 41.1 Å². The summed E-state index contributed by atoms with van der Waals surface area (Å²) in [6.45, 7) is 4.37. The Morgan fingerprint density at radius 1 is 1.07 bits per heavy atom. The summed E-state index contributed by atoms with van der Waals surface area (Å²) in [5.41, 5.74) is 4.65. The van der Waals surface area contributed by atoms with E-state index in [0.717, 1.165) is 55.1 Å². The number of pyridine rings is 1. The molecule has 1 aliphatic heterocycles. The lowest BCUT2D eigenvalue weighted by Crippen LogP contribution is -2.35. The minimum atomic E-state index is -0.195. The largest absolute Gasteiger partial charge is 0.379 e. The van der Waals surface area contributed by atoms with E-state index in [-0.39, 0.29) is 5.91 Å². The molecule has 1 aliphatic carbocycles. The maximum atomic E-state index is 12.8. The van der Waals surface area contributed by atoms with Crippen LogP contribution in [0.25, 0.3) is 22.6 Å². The van der Waals surface area contributed by atoms with E-state index >= 15 is 0 Å². The van der Waals surface area contributed by atoms with E-state index in [1.165, 1.54) is 11.9 Å². The summed E-state index contributed by atoms with van der Waals surface area (Å²) in [7, 11) is 0. The molecular weight excluding hydrogens is 354 g/mol. The van der Waals surface area contributed by atoms with Crippen molar-refractivity contribution >= 4 is 34.1 Å². The minimum Gasteiger partial charge on any atom is -0.379 e. The van der Waals surface area contributed by atoms with Crippen molar-refractivity contribution in [1.82, 2.24) is 19.9 Å². The van der Waals surface area contributed by atoms with Crippen molar-refractivity contribution in [3.05, 3.63) is 59.8 Å². The first-order valence-corrected chi connectivity index (χ1v) is 9.30. The third-order valence-corrected chi connectivity index (χ3v) is 5.08. The number of nitrogens with one attached hydrogen (secondary N) is 1. The number of hydrogen-bond acceptors (Lipinski definition) is 6. The van der Waals surface area contributed by atoms with E-state index < -0.39 is 0 Å². The number of morpholine rings is 1. The number of nitrogens with zero attached hydrogens (tertiary/aromatic N) is 4. The third-order valence-electron chi connectivity index (χ3n) is 5.08. The van der Waals surface area contributed by atoms with Gasteiger partial charge in [-0.05, 0) is 29.8 Å². The van der Waals surface area contributed by atoms with Gasteiger partial charge >= 0.3 is 0 Å². The Morgan fingerprint density at radius 3 is 2.71 bits per heavy atom. The van der Waals surface area contributed by atoms with Crippen LogP contribution in [0.3, 0.4) is 0 Å². The van der Waals surface area contributed by atoms with Gasteiger partial charge in [0.15, 0.2) is 0 Å². The molecule has 2 aliphatic rings. The second-order valence-electron chi connectivity index (χ2n) is 6.91. The first-order chi connectivity index (χ1) is 13.8. The first kappa shape index (κ1) is 17.0. The zero-order valence-corrected chi connectivity index (χ0v) is 15.3. The van der Waals surface area contributed by atoms with Crippen molar-refractivity contribution in [2.75, 3.05) is 31.6 Å². The zero-order valence-electron chi connectivity index (χ0n) is 15.3. The minimum absolute atomic E-state index is 0.195. The highest BCUT2D eigenvalue weighted by Gasteiger charge is 2.24. The molecule has 7 heteroatoms. The lowest BCUT2D eigenvalue weighted by atomic mass is 10.1. The highest BCUT2D eigenvalue weighted by Crippen LogP contribution is 2.33. The van der Waals surface area contributed by atoms with Gasteiger partial charge in [0.2, 0.25) is 0 Å². The zero-order chi connectivity index (χ0) is 18.9. The predicted octanol–water partition coefficient (Wildman–Crippen LogP) is 2.35. The number of hydrogen-bond donors (Lipinski definition) is 1. The number of benzene rings is 1. The number of carbonyl (C=O) groups excluding carboxylic acids is 1. The fourth-order valence-electron chi connectivity index (χ4n) is 3.63. The molecule has 7 nitrogen and oxygen atoms in total. The Balaban J connectivity index is 1.31. The Labute approximate surface area is 162 Å². The Kier molecular flexibility index (Phi) is 4.31. The van der Waals surface area contributed by atoms with Crippen molar-refractivity contribution in [3.63, 3.8) is 0 Å². The second kappa shape index (κ2) is 7.10. The number of amides is 1. The van der Waals surface area contributed by atoms with E-state index in [2.05, 4.69) is 25.2 Å². The summed E-state index contributed by atoms with van der Waals surface area (Å²) >= 11 is 0. The van der Waals surface area contributed by atoms with Gasteiger partial charge in [-0.15, -0.1) is 0 Å². The predicted molar refractivity (Wildman–Crippen MR) is 106 cm³/mol. The van der Waals surface area contributed by atoms with Gasteiger partial charge in [-0.3, -0.25) is 14.7 Å². The average molecular weight is 373 g/mol. The standard InChI is InChI=1S/C21H19N5O2/c27-21(16-11-18-19-17(5-6-22-18)23-13-24-20(16)19)25-15-3-1-14(2-4-15)12-26-7-9-28-10-8-26/h1-6,11,13H,7-10,12H2,(H,25,27). The molecule has 0 atom stereocenters. The van der Waals surface area contributed by atoms with Crippen LogP contribution in [0.5, 0.6) is 0 Å². The smallest absolute Gasteiger partial charge is 0.257 e. The molecule has 1 amide bonds. The van der Waals surface area contributed by atoms with E-state index in [1.54, 1.807) is 12.3 Å². The molecule has 0 spiro atoms. The summed E-state index contributed by atoms with van der Waals surface area (Å²) in [4.78, 5) is 28.1. The van der Waals surface area contributed by atoms with E-state index in [9.17, 15) is 4.79 Å². The molecule has 1 N–H and O–H groups in total. The molecule has 3 aromatic rings. The quantitative estimate of drug-likeness (QED) is 0.756. The van der Waals surface area contributed by atoms with Crippen LogP contribution in [0.15, 0.2) is 42.9 Å². The highest BCUT2D eigenvalue weighted by atomic mass is 16.5. The van der Waals surface area contributed by atoms with Gasteiger partial charge in [0.1, 0.15) is 6.33 Å². The summed E-state index contributed by atoms with van der Waals surface area (Å²) in [6.07, 6.45) is 4.95. The molecule has 0 saturated carbocycles. The Bertz CT molecular complexity index is 1070. The average Bonchev–Trinajstić information content (AvgIpc) is 3.11. The van der Waals surface area contributed by atoms with Gasteiger partial charge in [-0.2, -0.15) is 0 Å². The topological polar surface area (TPSA) is 80.2 Å². The molecule has 28 heavy (non-hydrogen) atoms. The van der Waals surface area contributed by atoms with Gasteiger partial charge in [-0.25, -0.2) is 9.97 Å². The Morgan fingerprint density at radius 2 is 1.89 bits per heavy atom. The number of ether oxygens (including phenoxy) is 1. The van der Waals surface area contributed by atoms with Crippen LogP contribution in [-0.2, 0) is 16.1 Å². The van der Waals surface area contributed by atoms with Crippen molar-refractivity contribution < 1.29 is 9.53 Å². The molecule has 140 valence electrons. The molecule has 1 fully saturated rings. The van der Waals surface area contributed by atoms with Gasteiger partial charge in [0.25, 0.3) is 5.91 Å². The molecule has 3 heterocycles. The number of rotatable bonds is 4. The normalized spacial score (nSPS) is 16.2. The third kappa shape index (κ3) is 3.15. The first-order valence-electron chi connectivity index (χ1n) is 9.30. The lowest BCUT2D eigenvalue weighted by Gasteiger charge is -2.26.